The highest BCUT2D eigenvalue weighted by molar-refractivity contribution is 6.31. The third-order valence-corrected chi connectivity index (χ3v) is 6.35. The molecule has 4 heterocycles. The van der Waals surface area contributed by atoms with Crippen LogP contribution in [0.2, 0.25) is 5.02 Å². The van der Waals surface area contributed by atoms with Crippen LogP contribution in [-0.2, 0) is 12.2 Å². The van der Waals surface area contributed by atoms with Gasteiger partial charge >= 0.3 is 0 Å². The van der Waals surface area contributed by atoms with Crippen molar-refractivity contribution in [1.29, 1.82) is 0 Å². The maximum atomic E-state index is 13.4. The summed E-state index contributed by atoms with van der Waals surface area (Å²) in [5.74, 6) is -0.459. The molecule has 0 aliphatic carbocycles. The van der Waals surface area contributed by atoms with Crippen molar-refractivity contribution in [3.8, 4) is 5.75 Å². The SMILES string of the molecule is Cc1ccc(C(C)(C)O)nc1C1=NC[C@@H](C)C(n2c(C)cc(OCc3cccc(F)n3)c(Cl)c2=O)=C1. The third kappa shape index (κ3) is 5.24. The molecule has 0 fully saturated rings. The summed E-state index contributed by atoms with van der Waals surface area (Å²) in [4.78, 5) is 26.5. The molecular formula is C27H28ClFN4O3. The van der Waals surface area contributed by atoms with Crippen LogP contribution in [-0.4, -0.2) is 31.9 Å². The number of hydrogen-bond acceptors (Lipinski definition) is 6. The van der Waals surface area contributed by atoms with E-state index in [2.05, 4.69) is 9.97 Å². The molecule has 1 aliphatic rings. The molecule has 188 valence electrons. The number of pyridine rings is 3. The fourth-order valence-electron chi connectivity index (χ4n) is 4.00. The molecule has 1 N–H and O–H groups in total. The Kier molecular flexibility index (Phi) is 7.11. The Balaban J connectivity index is 1.71. The Morgan fingerprint density at radius 2 is 1.97 bits per heavy atom. The van der Waals surface area contributed by atoms with Gasteiger partial charge in [-0.3, -0.25) is 14.4 Å². The first-order chi connectivity index (χ1) is 17.0. The second kappa shape index (κ2) is 9.95. The second-order valence-corrected chi connectivity index (χ2v) is 9.84. The van der Waals surface area contributed by atoms with Crippen LogP contribution in [0.4, 0.5) is 4.39 Å². The first-order valence-corrected chi connectivity index (χ1v) is 12.0. The van der Waals surface area contributed by atoms with E-state index in [-0.39, 0.29) is 23.3 Å². The predicted molar refractivity (Wildman–Crippen MR) is 138 cm³/mol. The highest BCUT2D eigenvalue weighted by Gasteiger charge is 2.25. The van der Waals surface area contributed by atoms with Gasteiger partial charge in [0.1, 0.15) is 23.0 Å². The number of aromatic nitrogens is 3. The van der Waals surface area contributed by atoms with Crippen LogP contribution in [0, 0.1) is 25.7 Å². The number of aliphatic imine (C=N–C) groups is 1. The molecule has 0 amide bonds. The lowest BCUT2D eigenvalue weighted by Crippen LogP contribution is -2.29. The number of dihydropyridines is 1. The smallest absolute Gasteiger partial charge is 0.277 e. The van der Waals surface area contributed by atoms with E-state index in [9.17, 15) is 14.3 Å². The van der Waals surface area contributed by atoms with Gasteiger partial charge in [-0.2, -0.15) is 4.39 Å². The quantitative estimate of drug-likeness (QED) is 0.479. The summed E-state index contributed by atoms with van der Waals surface area (Å²) < 4.78 is 20.6. The van der Waals surface area contributed by atoms with Crippen LogP contribution in [0.5, 0.6) is 5.75 Å². The van der Waals surface area contributed by atoms with Gasteiger partial charge in [-0.05, 0) is 57.5 Å². The number of hydrogen-bond donors (Lipinski definition) is 1. The highest BCUT2D eigenvalue weighted by Crippen LogP contribution is 2.29. The van der Waals surface area contributed by atoms with E-state index in [1.807, 2.05) is 26.0 Å². The monoisotopic (exact) mass is 510 g/mol. The van der Waals surface area contributed by atoms with Crippen molar-refractivity contribution in [3.63, 3.8) is 0 Å². The third-order valence-electron chi connectivity index (χ3n) is 6.00. The molecule has 7 nitrogen and oxygen atoms in total. The van der Waals surface area contributed by atoms with E-state index in [4.69, 9.17) is 21.3 Å². The minimum Gasteiger partial charge on any atom is -0.485 e. The topological polar surface area (TPSA) is 89.6 Å². The number of halogens is 2. The van der Waals surface area contributed by atoms with Crippen molar-refractivity contribution in [2.45, 2.75) is 46.8 Å². The molecule has 3 aromatic heterocycles. The largest absolute Gasteiger partial charge is 0.485 e. The molecule has 0 bridgehead atoms. The Morgan fingerprint density at radius 1 is 1.22 bits per heavy atom. The number of rotatable bonds is 6. The van der Waals surface area contributed by atoms with Gasteiger partial charge in [0.05, 0.1) is 22.8 Å². The summed E-state index contributed by atoms with van der Waals surface area (Å²) >= 11 is 6.43. The zero-order valence-corrected chi connectivity index (χ0v) is 21.6. The Labute approximate surface area is 214 Å². The summed E-state index contributed by atoms with van der Waals surface area (Å²) in [6.45, 7) is 9.50. The average Bonchev–Trinajstić information content (AvgIpc) is 2.81. The standard InChI is InChI=1S/C27H28ClFN4O3/c1-15-9-10-22(27(4,5)35)32-25(15)19-12-20(16(2)13-30-19)33-17(3)11-21(24(28)26(33)34)36-14-18-7-6-8-23(29)31-18/h6-12,16,35H,13-14H2,1-5H3/t16-/m1/s1. The first-order valence-electron chi connectivity index (χ1n) is 11.6. The van der Waals surface area contributed by atoms with E-state index in [1.54, 1.807) is 43.5 Å². The molecule has 4 rings (SSSR count). The first kappa shape index (κ1) is 25.7. The lowest BCUT2D eigenvalue weighted by Gasteiger charge is -2.25. The molecule has 0 spiro atoms. The summed E-state index contributed by atoms with van der Waals surface area (Å²) in [6.07, 6.45) is 1.85. The minimum absolute atomic E-state index is 0.0290. The summed E-state index contributed by atoms with van der Waals surface area (Å²) in [5.41, 5.74) is 2.94. The van der Waals surface area contributed by atoms with E-state index < -0.39 is 17.1 Å². The number of allylic oxidation sites excluding steroid dienone is 1. The Bertz CT molecular complexity index is 1440. The van der Waals surface area contributed by atoms with E-state index >= 15 is 0 Å². The van der Waals surface area contributed by atoms with Gasteiger partial charge in [0.2, 0.25) is 5.95 Å². The van der Waals surface area contributed by atoms with Crippen LogP contribution >= 0.6 is 11.6 Å². The van der Waals surface area contributed by atoms with Gasteiger partial charge in [-0.1, -0.05) is 30.7 Å². The van der Waals surface area contributed by atoms with Crippen molar-refractivity contribution < 1.29 is 14.2 Å². The van der Waals surface area contributed by atoms with Crippen LogP contribution in [0.1, 0.15) is 49.1 Å². The number of aliphatic hydroxyl groups is 1. The summed E-state index contributed by atoms with van der Waals surface area (Å²) in [7, 11) is 0. The van der Waals surface area contributed by atoms with Crippen LogP contribution in [0.25, 0.3) is 5.70 Å². The molecule has 9 heteroatoms. The fourth-order valence-corrected chi connectivity index (χ4v) is 4.20. The van der Waals surface area contributed by atoms with Crippen molar-refractivity contribution in [2.75, 3.05) is 6.54 Å². The molecule has 3 aromatic rings. The lowest BCUT2D eigenvalue weighted by atomic mass is 9.98. The molecular weight excluding hydrogens is 483 g/mol. The Morgan fingerprint density at radius 3 is 2.67 bits per heavy atom. The zero-order valence-electron chi connectivity index (χ0n) is 20.8. The van der Waals surface area contributed by atoms with Gasteiger partial charge in [0.15, 0.2) is 0 Å². The maximum Gasteiger partial charge on any atom is 0.277 e. The Hall–Kier alpha value is -3.36. The normalized spacial score (nSPS) is 15.9. The van der Waals surface area contributed by atoms with Crippen molar-refractivity contribution >= 4 is 23.0 Å². The summed E-state index contributed by atoms with van der Waals surface area (Å²) in [5, 5.41) is 10.3. The van der Waals surface area contributed by atoms with Crippen LogP contribution in [0.15, 0.2) is 52.3 Å². The average molecular weight is 511 g/mol. The molecule has 0 radical (unpaired) electrons. The number of aryl methyl sites for hydroxylation is 2. The molecule has 0 saturated carbocycles. The second-order valence-electron chi connectivity index (χ2n) is 9.46. The predicted octanol–water partition coefficient (Wildman–Crippen LogP) is 4.83. The van der Waals surface area contributed by atoms with Gasteiger partial charge in [-0.15, -0.1) is 0 Å². The van der Waals surface area contributed by atoms with E-state index in [0.717, 1.165) is 11.3 Å². The molecule has 0 unspecified atom stereocenters. The van der Waals surface area contributed by atoms with Crippen molar-refractivity contribution in [1.82, 2.24) is 14.5 Å². The van der Waals surface area contributed by atoms with Gasteiger partial charge in [0.25, 0.3) is 5.56 Å². The minimum atomic E-state index is -1.10. The molecule has 0 aromatic carbocycles. The van der Waals surface area contributed by atoms with Gasteiger partial charge < -0.3 is 9.84 Å². The maximum absolute atomic E-state index is 13.4. The molecule has 1 atom stereocenters. The summed E-state index contributed by atoms with van der Waals surface area (Å²) in [6, 6.07) is 9.79. The van der Waals surface area contributed by atoms with E-state index in [1.165, 1.54) is 12.1 Å². The lowest BCUT2D eigenvalue weighted by molar-refractivity contribution is 0.0738. The van der Waals surface area contributed by atoms with Crippen molar-refractivity contribution in [3.05, 3.63) is 92.1 Å². The molecule has 1 aliphatic heterocycles. The molecule has 0 saturated heterocycles. The fraction of sp³-hybridized carbons (Fsp3) is 0.333. The van der Waals surface area contributed by atoms with Crippen LogP contribution in [0.3, 0.4) is 0 Å². The van der Waals surface area contributed by atoms with Crippen LogP contribution < -0.4 is 10.3 Å². The van der Waals surface area contributed by atoms with Crippen molar-refractivity contribution in [2.24, 2.45) is 10.9 Å². The number of ether oxygens (including phenoxy) is 1. The van der Waals surface area contributed by atoms with E-state index in [0.29, 0.717) is 35.0 Å². The zero-order chi connectivity index (χ0) is 26.2. The van der Waals surface area contributed by atoms with Gasteiger partial charge in [0, 0.05) is 29.9 Å². The molecule has 36 heavy (non-hydrogen) atoms. The number of nitrogens with zero attached hydrogens (tertiary/aromatic N) is 4. The highest BCUT2D eigenvalue weighted by atomic mass is 35.5. The van der Waals surface area contributed by atoms with Gasteiger partial charge in [-0.25, -0.2) is 9.97 Å².